The number of halogens is 3. The maximum Gasteiger partial charge on any atom is 0.408 e. The normalized spacial score (nSPS) is 22.5. The number of aryl methyl sites for hydroxylation is 1. The molecular formula is C16H15F3N4O3. The van der Waals surface area contributed by atoms with Gasteiger partial charge in [0.25, 0.3) is 5.91 Å². The van der Waals surface area contributed by atoms with Crippen LogP contribution in [-0.4, -0.2) is 40.1 Å². The smallest absolute Gasteiger partial charge is 0.378 e. The second-order valence-corrected chi connectivity index (χ2v) is 6.55. The second-order valence-electron chi connectivity index (χ2n) is 6.55. The number of hydrogen-bond donors (Lipinski definition) is 1. The molecule has 1 N–H and O–H groups in total. The largest absolute Gasteiger partial charge is 0.408 e. The lowest BCUT2D eigenvalue weighted by Gasteiger charge is -2.32. The summed E-state index contributed by atoms with van der Waals surface area (Å²) in [6.07, 6.45) is -1.58. The van der Waals surface area contributed by atoms with Gasteiger partial charge in [-0.3, -0.25) is 19.2 Å². The Morgan fingerprint density at radius 3 is 2.81 bits per heavy atom. The van der Waals surface area contributed by atoms with Crippen LogP contribution in [0.4, 0.5) is 18.9 Å². The van der Waals surface area contributed by atoms with Crippen molar-refractivity contribution < 1.29 is 22.7 Å². The standard InChI is InChI=1S/C16H15F3N4O3/c1-9-4-11(24)21-13-12(9)14(25)23(15(13)2-3-26-8-15)10-5-20-22(6-10)7-16(17,18)19/h4-6H,2-3,7-8H2,1H3,(H,21,24). The van der Waals surface area contributed by atoms with Gasteiger partial charge >= 0.3 is 6.18 Å². The number of aromatic amines is 1. The number of nitrogens with one attached hydrogen (secondary N) is 1. The first-order chi connectivity index (χ1) is 12.2. The van der Waals surface area contributed by atoms with Gasteiger partial charge in [-0.2, -0.15) is 18.3 Å². The highest BCUT2D eigenvalue weighted by atomic mass is 19.4. The van der Waals surface area contributed by atoms with Crippen molar-refractivity contribution in [3.8, 4) is 0 Å². The van der Waals surface area contributed by atoms with Crippen molar-refractivity contribution in [2.24, 2.45) is 0 Å². The molecule has 2 aliphatic heterocycles. The van der Waals surface area contributed by atoms with Crippen LogP contribution in [0.1, 0.15) is 28.0 Å². The average Bonchev–Trinajstić information content (AvgIpc) is 3.20. The van der Waals surface area contributed by atoms with E-state index in [1.807, 2.05) is 0 Å². The Kier molecular flexibility index (Phi) is 3.52. The summed E-state index contributed by atoms with van der Waals surface area (Å²) in [5.74, 6) is -0.384. The SMILES string of the molecule is Cc1cc(=O)[nH]c2c1C(=O)N(c1cnn(CC(F)(F)F)c1)C21CCOC1. The lowest BCUT2D eigenvalue weighted by molar-refractivity contribution is -0.142. The fourth-order valence-electron chi connectivity index (χ4n) is 3.76. The van der Waals surface area contributed by atoms with Crippen molar-refractivity contribution in [3.63, 3.8) is 0 Å². The fraction of sp³-hybridized carbons (Fsp3) is 0.438. The van der Waals surface area contributed by atoms with Crippen molar-refractivity contribution in [2.75, 3.05) is 18.1 Å². The van der Waals surface area contributed by atoms with Gasteiger partial charge in [0, 0.05) is 25.3 Å². The molecule has 1 atom stereocenters. The monoisotopic (exact) mass is 368 g/mol. The summed E-state index contributed by atoms with van der Waals surface area (Å²) in [4.78, 5) is 29.1. The van der Waals surface area contributed by atoms with Gasteiger partial charge in [-0.05, 0) is 12.5 Å². The van der Waals surface area contributed by atoms with E-state index in [-0.39, 0.29) is 23.8 Å². The van der Waals surface area contributed by atoms with E-state index in [1.165, 1.54) is 23.4 Å². The van der Waals surface area contributed by atoms with Crippen molar-refractivity contribution in [1.82, 2.24) is 14.8 Å². The minimum Gasteiger partial charge on any atom is -0.378 e. The highest BCUT2D eigenvalue weighted by Crippen LogP contribution is 2.46. The van der Waals surface area contributed by atoms with E-state index in [4.69, 9.17) is 4.74 Å². The topological polar surface area (TPSA) is 80.2 Å². The van der Waals surface area contributed by atoms with E-state index in [0.29, 0.717) is 29.8 Å². The molecule has 2 aromatic heterocycles. The number of rotatable bonds is 2. The Balaban J connectivity index is 1.83. The molecule has 26 heavy (non-hydrogen) atoms. The number of aromatic nitrogens is 3. The Morgan fingerprint density at radius 1 is 1.38 bits per heavy atom. The highest BCUT2D eigenvalue weighted by molar-refractivity contribution is 6.12. The number of H-pyrrole nitrogens is 1. The molecule has 0 radical (unpaired) electrons. The average molecular weight is 368 g/mol. The van der Waals surface area contributed by atoms with Crippen LogP contribution in [0.2, 0.25) is 0 Å². The zero-order chi connectivity index (χ0) is 18.7. The minimum absolute atomic E-state index is 0.148. The molecule has 2 aromatic rings. The van der Waals surface area contributed by atoms with Gasteiger partial charge in [0.05, 0.1) is 29.7 Å². The molecule has 2 aliphatic rings. The molecule has 0 saturated carbocycles. The lowest BCUT2D eigenvalue weighted by atomic mass is 9.92. The number of pyridine rings is 1. The Morgan fingerprint density at radius 2 is 2.15 bits per heavy atom. The number of fused-ring (bicyclic) bond motifs is 2. The van der Waals surface area contributed by atoms with Crippen molar-refractivity contribution >= 4 is 11.6 Å². The number of anilines is 1. The zero-order valence-electron chi connectivity index (χ0n) is 13.8. The summed E-state index contributed by atoms with van der Waals surface area (Å²) < 4.78 is 44.1. The van der Waals surface area contributed by atoms with Gasteiger partial charge in [-0.1, -0.05) is 0 Å². The number of amides is 1. The molecule has 138 valence electrons. The van der Waals surface area contributed by atoms with Crippen LogP contribution in [-0.2, 0) is 16.8 Å². The van der Waals surface area contributed by atoms with E-state index in [1.54, 1.807) is 6.92 Å². The molecule has 4 heterocycles. The van der Waals surface area contributed by atoms with Crippen molar-refractivity contribution in [2.45, 2.75) is 31.6 Å². The van der Waals surface area contributed by atoms with Crippen LogP contribution >= 0.6 is 0 Å². The summed E-state index contributed by atoms with van der Waals surface area (Å²) in [5.41, 5.74) is 0.289. The quantitative estimate of drug-likeness (QED) is 0.875. The molecule has 1 unspecified atom stereocenters. The third kappa shape index (κ3) is 2.44. The molecule has 7 nitrogen and oxygen atoms in total. The molecule has 1 amide bonds. The second kappa shape index (κ2) is 5.44. The van der Waals surface area contributed by atoms with Crippen LogP contribution in [0.25, 0.3) is 0 Å². The first-order valence-electron chi connectivity index (χ1n) is 7.97. The van der Waals surface area contributed by atoms with Crippen LogP contribution in [0, 0.1) is 6.92 Å². The molecule has 0 aromatic carbocycles. The van der Waals surface area contributed by atoms with Crippen LogP contribution < -0.4 is 10.5 Å². The summed E-state index contributed by atoms with van der Waals surface area (Å²) >= 11 is 0. The molecule has 1 fully saturated rings. The van der Waals surface area contributed by atoms with Gasteiger partial charge in [-0.25, -0.2) is 0 Å². The zero-order valence-corrected chi connectivity index (χ0v) is 13.8. The van der Waals surface area contributed by atoms with E-state index in [2.05, 4.69) is 10.1 Å². The van der Waals surface area contributed by atoms with Gasteiger partial charge < -0.3 is 9.72 Å². The number of alkyl halides is 3. The maximum absolute atomic E-state index is 13.1. The highest BCUT2D eigenvalue weighted by Gasteiger charge is 2.54. The Labute approximate surface area is 145 Å². The fourth-order valence-corrected chi connectivity index (χ4v) is 3.76. The number of hydrogen-bond acceptors (Lipinski definition) is 4. The van der Waals surface area contributed by atoms with Gasteiger partial charge in [0.2, 0.25) is 5.56 Å². The molecule has 10 heteroatoms. The summed E-state index contributed by atoms with van der Waals surface area (Å²) in [6.45, 7) is 0.929. The van der Waals surface area contributed by atoms with E-state index >= 15 is 0 Å². The van der Waals surface area contributed by atoms with E-state index in [9.17, 15) is 22.8 Å². The molecule has 1 spiro atoms. The third-order valence-electron chi connectivity index (χ3n) is 4.77. The number of carbonyl (C=O) groups excluding carboxylic acids is 1. The van der Waals surface area contributed by atoms with E-state index in [0.717, 1.165) is 4.68 Å². The van der Waals surface area contributed by atoms with Crippen LogP contribution in [0.15, 0.2) is 23.3 Å². The van der Waals surface area contributed by atoms with Gasteiger partial charge in [0.15, 0.2) is 0 Å². The Hall–Kier alpha value is -2.62. The molecule has 4 rings (SSSR count). The first kappa shape index (κ1) is 16.8. The number of carbonyl (C=O) groups is 1. The predicted molar refractivity (Wildman–Crippen MR) is 84.0 cm³/mol. The van der Waals surface area contributed by atoms with Gasteiger partial charge in [-0.15, -0.1) is 0 Å². The maximum atomic E-state index is 13.1. The first-order valence-corrected chi connectivity index (χ1v) is 7.97. The lowest BCUT2D eigenvalue weighted by Crippen LogP contribution is -2.45. The van der Waals surface area contributed by atoms with Crippen molar-refractivity contribution in [3.05, 3.63) is 45.6 Å². The molecule has 0 aliphatic carbocycles. The van der Waals surface area contributed by atoms with Crippen molar-refractivity contribution in [1.29, 1.82) is 0 Å². The number of ether oxygens (including phenoxy) is 1. The summed E-state index contributed by atoms with van der Waals surface area (Å²) in [6, 6.07) is 1.33. The van der Waals surface area contributed by atoms with E-state index < -0.39 is 18.3 Å². The predicted octanol–water partition coefficient (Wildman–Crippen LogP) is 1.72. The van der Waals surface area contributed by atoms with Crippen LogP contribution in [0.5, 0.6) is 0 Å². The summed E-state index contributed by atoms with van der Waals surface area (Å²) in [7, 11) is 0. The molecular weight excluding hydrogens is 353 g/mol. The van der Waals surface area contributed by atoms with Crippen LogP contribution in [0.3, 0.4) is 0 Å². The Bertz CT molecular complexity index is 941. The minimum atomic E-state index is -4.42. The summed E-state index contributed by atoms with van der Waals surface area (Å²) in [5, 5.41) is 3.73. The third-order valence-corrected chi connectivity index (χ3v) is 4.77. The number of nitrogens with zero attached hydrogens (tertiary/aromatic N) is 3. The van der Waals surface area contributed by atoms with Gasteiger partial charge in [0.1, 0.15) is 12.1 Å². The molecule has 1 saturated heterocycles. The molecule has 0 bridgehead atoms.